The van der Waals surface area contributed by atoms with E-state index in [9.17, 15) is 14.3 Å². The number of hydrogen-bond acceptors (Lipinski definition) is 6. The fourth-order valence-electron chi connectivity index (χ4n) is 4.01. The molecule has 1 aliphatic heterocycles. The Morgan fingerprint density at radius 3 is 2.74 bits per heavy atom. The third-order valence-electron chi connectivity index (χ3n) is 5.76. The van der Waals surface area contributed by atoms with Crippen molar-refractivity contribution in [1.29, 1.82) is 0 Å². The van der Waals surface area contributed by atoms with Crippen molar-refractivity contribution in [3.63, 3.8) is 0 Å². The van der Waals surface area contributed by atoms with Gasteiger partial charge < -0.3 is 10.8 Å². The van der Waals surface area contributed by atoms with Crippen molar-refractivity contribution >= 4 is 23.0 Å². The quantitative estimate of drug-likeness (QED) is 0.422. The number of pyridine rings is 1. The summed E-state index contributed by atoms with van der Waals surface area (Å²) in [6.45, 7) is 0.255. The summed E-state index contributed by atoms with van der Waals surface area (Å²) in [6.07, 6.45) is 3.81. The summed E-state index contributed by atoms with van der Waals surface area (Å²) in [5.41, 5.74) is 8.84. The molecule has 0 spiro atoms. The van der Waals surface area contributed by atoms with E-state index in [0.29, 0.717) is 38.6 Å². The van der Waals surface area contributed by atoms with Crippen LogP contribution >= 0.6 is 11.3 Å². The van der Waals surface area contributed by atoms with Gasteiger partial charge in [-0.15, -0.1) is 11.3 Å². The highest BCUT2D eigenvalue weighted by atomic mass is 32.1. The van der Waals surface area contributed by atoms with E-state index in [-0.39, 0.29) is 24.0 Å². The van der Waals surface area contributed by atoms with Crippen molar-refractivity contribution < 1.29 is 14.3 Å². The number of phenols is 1. The molecule has 34 heavy (non-hydrogen) atoms. The fourth-order valence-corrected chi connectivity index (χ4v) is 4.98. The number of rotatable bonds is 5. The highest BCUT2D eigenvalue weighted by Crippen LogP contribution is 2.39. The predicted octanol–water partition coefficient (Wildman–Crippen LogP) is 5.11. The van der Waals surface area contributed by atoms with Gasteiger partial charge in [-0.05, 0) is 35.9 Å². The summed E-state index contributed by atoms with van der Waals surface area (Å²) in [5.74, 6) is -0.599. The molecule has 5 rings (SSSR count). The van der Waals surface area contributed by atoms with Crippen molar-refractivity contribution in [2.75, 3.05) is 0 Å². The summed E-state index contributed by atoms with van der Waals surface area (Å²) >= 11 is 1.20. The normalized spacial score (nSPS) is 15.4. The summed E-state index contributed by atoms with van der Waals surface area (Å²) < 4.78 is 14.6. The molecule has 0 bridgehead atoms. The number of nitrogens with zero attached hydrogens (tertiary/aromatic N) is 3. The average molecular weight is 473 g/mol. The van der Waals surface area contributed by atoms with Crippen molar-refractivity contribution in [3.8, 4) is 16.2 Å². The van der Waals surface area contributed by atoms with Crippen LogP contribution < -0.4 is 5.73 Å². The monoisotopic (exact) mass is 472 g/mol. The SMILES string of the molecule is NCc1ccc(-c2ccc(C(=O)N3N=C(c4cccnc4)CC3c3ccccc3O)s2)c(F)c1. The van der Waals surface area contributed by atoms with Crippen molar-refractivity contribution in [1.82, 2.24) is 9.99 Å². The van der Waals surface area contributed by atoms with Gasteiger partial charge in [0.15, 0.2) is 0 Å². The Morgan fingerprint density at radius 1 is 1.15 bits per heavy atom. The minimum Gasteiger partial charge on any atom is -0.508 e. The standard InChI is InChI=1S/C26H21FN4O2S/c27-20-12-16(14-28)7-8-18(20)24-9-10-25(34-24)26(33)31-22(19-5-1-2-6-23(19)32)13-21(30-31)17-4-3-11-29-15-17/h1-12,15,22,32H,13-14,28H2. The Hall–Kier alpha value is -3.88. The van der Waals surface area contributed by atoms with E-state index in [1.807, 2.05) is 18.2 Å². The molecule has 3 N–H and O–H groups in total. The Balaban J connectivity index is 1.50. The van der Waals surface area contributed by atoms with Crippen LogP contribution in [0, 0.1) is 5.82 Å². The first-order chi connectivity index (χ1) is 16.5. The molecule has 2 aromatic heterocycles. The molecule has 6 nitrogen and oxygen atoms in total. The minimum atomic E-state index is -0.477. The van der Waals surface area contributed by atoms with E-state index in [1.165, 1.54) is 22.4 Å². The molecule has 4 aromatic rings. The maximum atomic E-state index is 14.6. The smallest absolute Gasteiger partial charge is 0.284 e. The molecule has 170 valence electrons. The van der Waals surface area contributed by atoms with Gasteiger partial charge in [0, 0.05) is 46.9 Å². The molecule has 3 heterocycles. The number of benzene rings is 2. The lowest BCUT2D eigenvalue weighted by Crippen LogP contribution is -2.26. The lowest BCUT2D eigenvalue weighted by Gasteiger charge is -2.22. The maximum absolute atomic E-state index is 14.6. The van der Waals surface area contributed by atoms with Crippen LogP contribution in [-0.2, 0) is 6.54 Å². The fraction of sp³-hybridized carbons (Fsp3) is 0.115. The molecule has 1 unspecified atom stereocenters. The van der Waals surface area contributed by atoms with Gasteiger partial charge in [0.25, 0.3) is 5.91 Å². The highest BCUT2D eigenvalue weighted by Gasteiger charge is 2.35. The summed E-state index contributed by atoms with van der Waals surface area (Å²) in [4.78, 5) is 18.8. The lowest BCUT2D eigenvalue weighted by molar-refractivity contribution is 0.0714. The second kappa shape index (κ2) is 9.17. The van der Waals surface area contributed by atoms with E-state index in [0.717, 1.165) is 5.56 Å². The number of phenolic OH excluding ortho intramolecular Hbond substituents is 1. The van der Waals surface area contributed by atoms with Crippen molar-refractivity contribution in [3.05, 3.63) is 107 Å². The van der Waals surface area contributed by atoms with Gasteiger partial charge in [-0.1, -0.05) is 36.4 Å². The summed E-state index contributed by atoms with van der Waals surface area (Å²) in [5, 5.41) is 16.5. The van der Waals surface area contributed by atoms with Gasteiger partial charge in [0.05, 0.1) is 16.6 Å². The van der Waals surface area contributed by atoms with E-state index < -0.39 is 6.04 Å². The molecular formula is C26H21FN4O2S. The molecular weight excluding hydrogens is 451 g/mol. The van der Waals surface area contributed by atoms with E-state index >= 15 is 0 Å². The summed E-state index contributed by atoms with van der Waals surface area (Å²) in [6, 6.07) is 18.4. The number of amides is 1. The second-order valence-corrected chi connectivity index (χ2v) is 8.98. The van der Waals surface area contributed by atoms with Crippen LogP contribution in [0.15, 0.2) is 84.2 Å². The predicted molar refractivity (Wildman–Crippen MR) is 130 cm³/mol. The molecule has 2 aromatic carbocycles. The van der Waals surface area contributed by atoms with Crippen LogP contribution in [0.3, 0.4) is 0 Å². The number of carbonyl (C=O) groups is 1. The number of hydrogen-bond donors (Lipinski definition) is 2. The zero-order chi connectivity index (χ0) is 23.7. The van der Waals surface area contributed by atoms with Gasteiger partial charge in [-0.2, -0.15) is 5.10 Å². The van der Waals surface area contributed by atoms with Crippen LogP contribution in [-0.4, -0.2) is 26.7 Å². The van der Waals surface area contributed by atoms with Crippen LogP contribution in [0.2, 0.25) is 0 Å². The van der Waals surface area contributed by atoms with Gasteiger partial charge in [-0.3, -0.25) is 9.78 Å². The van der Waals surface area contributed by atoms with E-state index in [4.69, 9.17) is 5.73 Å². The molecule has 0 radical (unpaired) electrons. The number of thiophene rings is 1. The Labute approximate surface area is 199 Å². The van der Waals surface area contributed by atoms with Crippen molar-refractivity contribution in [2.45, 2.75) is 19.0 Å². The molecule has 0 saturated heterocycles. The topological polar surface area (TPSA) is 91.8 Å². The van der Waals surface area contributed by atoms with Gasteiger partial charge in [-0.25, -0.2) is 9.40 Å². The molecule has 0 aliphatic carbocycles. The summed E-state index contributed by atoms with van der Waals surface area (Å²) in [7, 11) is 0. The molecule has 8 heteroatoms. The first-order valence-corrected chi connectivity index (χ1v) is 11.5. The zero-order valence-corrected chi connectivity index (χ0v) is 18.9. The molecule has 1 amide bonds. The molecule has 1 atom stereocenters. The first kappa shape index (κ1) is 21.9. The number of halogens is 1. The highest BCUT2D eigenvalue weighted by molar-refractivity contribution is 7.17. The van der Waals surface area contributed by atoms with Crippen LogP contribution in [0.5, 0.6) is 5.75 Å². The molecule has 1 aliphatic rings. The minimum absolute atomic E-state index is 0.0990. The van der Waals surface area contributed by atoms with Gasteiger partial charge in [0.1, 0.15) is 11.6 Å². The average Bonchev–Trinajstić information content (AvgIpc) is 3.52. The Kier molecular flexibility index (Phi) is 5.91. The maximum Gasteiger partial charge on any atom is 0.284 e. The molecule has 0 saturated carbocycles. The number of para-hydroxylation sites is 1. The lowest BCUT2D eigenvalue weighted by atomic mass is 9.98. The number of carbonyl (C=O) groups excluding carboxylic acids is 1. The Morgan fingerprint density at radius 2 is 2.00 bits per heavy atom. The largest absolute Gasteiger partial charge is 0.508 e. The van der Waals surface area contributed by atoms with Crippen molar-refractivity contribution in [2.24, 2.45) is 10.8 Å². The second-order valence-electron chi connectivity index (χ2n) is 7.90. The number of hydrazone groups is 1. The zero-order valence-electron chi connectivity index (χ0n) is 18.1. The third kappa shape index (κ3) is 4.09. The third-order valence-corrected chi connectivity index (χ3v) is 6.87. The van der Waals surface area contributed by atoms with Crippen LogP contribution in [0.4, 0.5) is 4.39 Å². The molecule has 0 fully saturated rings. The number of aromatic nitrogens is 1. The first-order valence-electron chi connectivity index (χ1n) is 10.7. The Bertz CT molecular complexity index is 1390. The van der Waals surface area contributed by atoms with Crippen LogP contribution in [0.25, 0.3) is 10.4 Å². The van der Waals surface area contributed by atoms with Crippen LogP contribution in [0.1, 0.15) is 38.8 Å². The van der Waals surface area contributed by atoms with Gasteiger partial charge in [0.2, 0.25) is 0 Å². The van der Waals surface area contributed by atoms with Gasteiger partial charge >= 0.3 is 0 Å². The number of aromatic hydroxyl groups is 1. The van der Waals surface area contributed by atoms with E-state index in [1.54, 1.807) is 54.9 Å². The number of nitrogens with two attached hydrogens (primary N) is 1. The van der Waals surface area contributed by atoms with E-state index in [2.05, 4.69) is 10.1 Å².